The highest BCUT2D eigenvalue weighted by molar-refractivity contribution is 7.90. The van der Waals surface area contributed by atoms with E-state index in [1.165, 1.54) is 6.26 Å². The van der Waals surface area contributed by atoms with E-state index in [1.54, 1.807) is 7.05 Å². The molecule has 12 heavy (non-hydrogen) atoms. The maximum Gasteiger partial charge on any atom is 0.205 e. The van der Waals surface area contributed by atoms with Gasteiger partial charge < -0.3 is 5.32 Å². The van der Waals surface area contributed by atoms with Crippen molar-refractivity contribution in [2.24, 2.45) is 10.8 Å². The number of aliphatic imine (C=N–C) groups is 1. The molecule has 72 valence electrons. The van der Waals surface area contributed by atoms with Gasteiger partial charge in [0, 0.05) is 19.8 Å². The fraction of sp³-hybridized carbons (Fsp3) is 0.800. The molecule has 0 saturated heterocycles. The Kier molecular flexibility index (Phi) is 4.60. The van der Waals surface area contributed by atoms with Crippen molar-refractivity contribution in [1.29, 1.82) is 0 Å². The summed E-state index contributed by atoms with van der Waals surface area (Å²) in [7, 11) is -1.38. The zero-order valence-electron chi connectivity index (χ0n) is 7.16. The van der Waals surface area contributed by atoms with E-state index < -0.39 is 9.84 Å². The molecule has 0 atom stereocenters. The number of hydrazine groups is 1. The molecule has 7 heteroatoms. The highest BCUT2D eigenvalue weighted by atomic mass is 32.2. The minimum Gasteiger partial charge on any atom is -0.354 e. The van der Waals surface area contributed by atoms with Crippen molar-refractivity contribution < 1.29 is 8.42 Å². The van der Waals surface area contributed by atoms with Gasteiger partial charge in [-0.15, -0.1) is 0 Å². The largest absolute Gasteiger partial charge is 0.354 e. The van der Waals surface area contributed by atoms with E-state index >= 15 is 0 Å². The van der Waals surface area contributed by atoms with Crippen molar-refractivity contribution in [2.75, 3.05) is 25.6 Å². The van der Waals surface area contributed by atoms with Gasteiger partial charge in [0.15, 0.2) is 0 Å². The molecule has 0 aromatic heterocycles. The molecule has 0 aliphatic carbocycles. The van der Waals surface area contributed by atoms with E-state index in [9.17, 15) is 8.42 Å². The fourth-order valence-electron chi connectivity index (χ4n) is 0.549. The lowest BCUT2D eigenvalue weighted by Crippen LogP contribution is -2.43. The van der Waals surface area contributed by atoms with Crippen LogP contribution in [0.15, 0.2) is 4.99 Å². The smallest absolute Gasteiger partial charge is 0.205 e. The van der Waals surface area contributed by atoms with Crippen LogP contribution in [-0.4, -0.2) is 40.0 Å². The Morgan fingerprint density at radius 3 is 2.50 bits per heavy atom. The van der Waals surface area contributed by atoms with Crippen LogP contribution in [0.3, 0.4) is 0 Å². The van der Waals surface area contributed by atoms with Crippen molar-refractivity contribution in [2.45, 2.75) is 0 Å². The van der Waals surface area contributed by atoms with E-state index in [4.69, 9.17) is 5.84 Å². The van der Waals surface area contributed by atoms with Crippen molar-refractivity contribution in [3.05, 3.63) is 0 Å². The summed E-state index contributed by atoms with van der Waals surface area (Å²) in [6, 6.07) is 0. The number of sulfone groups is 1. The summed E-state index contributed by atoms with van der Waals surface area (Å²) < 4.78 is 21.3. The first-order valence-corrected chi connectivity index (χ1v) is 5.40. The molecule has 0 rings (SSSR count). The van der Waals surface area contributed by atoms with Gasteiger partial charge in [-0.25, -0.2) is 14.3 Å². The molecule has 0 unspecified atom stereocenters. The van der Waals surface area contributed by atoms with E-state index in [1.807, 2.05) is 0 Å². The Morgan fingerprint density at radius 2 is 2.17 bits per heavy atom. The molecule has 0 spiro atoms. The second kappa shape index (κ2) is 4.94. The van der Waals surface area contributed by atoms with Crippen molar-refractivity contribution >= 4 is 15.8 Å². The summed E-state index contributed by atoms with van der Waals surface area (Å²) in [5, 5.41) is 2.71. The van der Waals surface area contributed by atoms with Gasteiger partial charge in [-0.3, -0.25) is 10.4 Å². The third-order valence-corrected chi connectivity index (χ3v) is 2.07. The average Bonchev–Trinajstić information content (AvgIpc) is 1.96. The molecule has 0 heterocycles. The number of rotatable bonds is 3. The molecule has 0 amide bonds. The summed E-state index contributed by atoms with van der Waals surface area (Å²) in [6.07, 6.45) is 1.17. The summed E-state index contributed by atoms with van der Waals surface area (Å²) >= 11 is 0. The Bertz CT molecular complexity index is 246. The first-order valence-electron chi connectivity index (χ1n) is 3.34. The lowest BCUT2D eigenvalue weighted by atomic mass is 10.7. The van der Waals surface area contributed by atoms with E-state index in [0.29, 0.717) is 12.5 Å². The second-order valence-corrected chi connectivity index (χ2v) is 4.53. The quantitative estimate of drug-likeness (QED) is 0.210. The van der Waals surface area contributed by atoms with Gasteiger partial charge in [0.05, 0.1) is 5.75 Å². The molecular weight excluding hydrogens is 180 g/mol. The summed E-state index contributed by atoms with van der Waals surface area (Å²) in [5.74, 6) is 5.48. The summed E-state index contributed by atoms with van der Waals surface area (Å²) in [4.78, 5) is 3.70. The van der Waals surface area contributed by atoms with Crippen molar-refractivity contribution in [1.82, 2.24) is 10.7 Å². The predicted octanol–water partition coefficient (Wildman–Crippen LogP) is -1.93. The van der Waals surface area contributed by atoms with Gasteiger partial charge in [0.25, 0.3) is 0 Å². The molecule has 0 saturated carbocycles. The minimum atomic E-state index is -2.92. The molecule has 0 aromatic carbocycles. The fourth-order valence-corrected chi connectivity index (χ4v) is 1.02. The van der Waals surface area contributed by atoms with Crippen LogP contribution in [0.25, 0.3) is 0 Å². The van der Waals surface area contributed by atoms with Crippen LogP contribution < -0.4 is 16.6 Å². The Morgan fingerprint density at radius 1 is 1.58 bits per heavy atom. The number of nitrogens with one attached hydrogen (secondary N) is 2. The van der Waals surface area contributed by atoms with Crippen LogP contribution in [0.1, 0.15) is 0 Å². The topological polar surface area (TPSA) is 96.6 Å². The second-order valence-electron chi connectivity index (χ2n) is 2.27. The van der Waals surface area contributed by atoms with Crippen LogP contribution in [0.4, 0.5) is 0 Å². The van der Waals surface area contributed by atoms with Crippen LogP contribution in [-0.2, 0) is 9.84 Å². The average molecular weight is 194 g/mol. The van der Waals surface area contributed by atoms with Gasteiger partial charge in [0.1, 0.15) is 9.84 Å². The van der Waals surface area contributed by atoms with Gasteiger partial charge in [-0.2, -0.15) is 0 Å². The molecule has 0 aliphatic rings. The first kappa shape index (κ1) is 11.2. The van der Waals surface area contributed by atoms with E-state index in [-0.39, 0.29) is 5.75 Å². The molecule has 0 bridgehead atoms. The molecule has 6 nitrogen and oxygen atoms in total. The van der Waals surface area contributed by atoms with Crippen molar-refractivity contribution in [3.8, 4) is 0 Å². The number of hydrogen-bond acceptors (Lipinski definition) is 4. The zero-order valence-corrected chi connectivity index (χ0v) is 7.98. The lowest BCUT2D eigenvalue weighted by Gasteiger charge is -2.06. The number of guanidine groups is 1. The Balaban J connectivity index is 3.71. The lowest BCUT2D eigenvalue weighted by molar-refractivity contribution is 0.600. The van der Waals surface area contributed by atoms with Crippen LogP contribution in [0.5, 0.6) is 0 Å². The standard InChI is InChI=1S/C5H14N4O2S/c1-7-5(9-6)8-3-4-12(2,10)11/h3-4,6H2,1-2H3,(H2,7,8,9). The van der Waals surface area contributed by atoms with Gasteiger partial charge >= 0.3 is 0 Å². The van der Waals surface area contributed by atoms with Gasteiger partial charge in [-0.05, 0) is 0 Å². The highest BCUT2D eigenvalue weighted by Crippen LogP contribution is 1.78. The van der Waals surface area contributed by atoms with Crippen LogP contribution in [0.2, 0.25) is 0 Å². The molecule has 0 radical (unpaired) electrons. The highest BCUT2D eigenvalue weighted by Gasteiger charge is 2.01. The van der Waals surface area contributed by atoms with Crippen LogP contribution in [0, 0.1) is 0 Å². The first-order chi connectivity index (χ1) is 5.49. The van der Waals surface area contributed by atoms with E-state index in [2.05, 4.69) is 15.7 Å². The van der Waals surface area contributed by atoms with Crippen LogP contribution >= 0.6 is 0 Å². The van der Waals surface area contributed by atoms with E-state index in [0.717, 1.165) is 0 Å². The molecular formula is C5H14N4O2S. The SMILES string of the molecule is CN=C(NN)NCCS(C)(=O)=O. The number of hydrogen-bond donors (Lipinski definition) is 3. The maximum absolute atomic E-state index is 10.7. The Hall–Kier alpha value is -0.820. The Labute approximate surface area is 72.1 Å². The van der Waals surface area contributed by atoms with Gasteiger partial charge in [-0.1, -0.05) is 0 Å². The zero-order chi connectivity index (χ0) is 9.61. The number of nitrogens with two attached hydrogens (primary N) is 1. The molecule has 0 fully saturated rings. The maximum atomic E-state index is 10.7. The monoisotopic (exact) mass is 194 g/mol. The van der Waals surface area contributed by atoms with Gasteiger partial charge in [0.2, 0.25) is 5.96 Å². The number of nitrogens with zero attached hydrogens (tertiary/aromatic N) is 1. The minimum absolute atomic E-state index is 0.0632. The molecule has 4 N–H and O–H groups in total. The summed E-state index contributed by atoms with van der Waals surface area (Å²) in [6.45, 7) is 0.301. The third kappa shape index (κ3) is 5.93. The van der Waals surface area contributed by atoms with Crippen molar-refractivity contribution in [3.63, 3.8) is 0 Å². The molecule has 0 aliphatic heterocycles. The third-order valence-electron chi connectivity index (χ3n) is 1.13. The predicted molar refractivity (Wildman–Crippen MR) is 48.4 cm³/mol. The molecule has 0 aromatic rings. The normalized spacial score (nSPS) is 12.8. The summed E-state index contributed by atoms with van der Waals surface area (Å²) in [5.41, 5.74) is 2.28.